The van der Waals surface area contributed by atoms with Crippen molar-refractivity contribution in [2.24, 2.45) is 0 Å². The van der Waals surface area contributed by atoms with Gasteiger partial charge in [-0.3, -0.25) is 4.79 Å². The molecule has 0 aliphatic rings. The topological polar surface area (TPSA) is 61.1 Å². The van der Waals surface area contributed by atoms with Crippen LogP contribution in [0.3, 0.4) is 0 Å². The van der Waals surface area contributed by atoms with Gasteiger partial charge >= 0.3 is 5.97 Å². The van der Waals surface area contributed by atoms with Crippen LogP contribution in [0.1, 0.15) is 49.9 Å². The van der Waals surface area contributed by atoms with Crippen LogP contribution in [0.2, 0.25) is 0 Å². The van der Waals surface area contributed by atoms with Gasteiger partial charge in [-0.15, -0.1) is 0 Å². The van der Waals surface area contributed by atoms with Crippen molar-refractivity contribution in [2.45, 2.75) is 52.4 Å². The maximum atomic E-state index is 11.4. The van der Waals surface area contributed by atoms with E-state index in [0.29, 0.717) is 5.56 Å². The number of carboxylic acids is 1. The van der Waals surface area contributed by atoms with E-state index in [1.807, 2.05) is 32.0 Å². The van der Waals surface area contributed by atoms with Gasteiger partial charge in [0, 0.05) is 0 Å². The molecule has 0 saturated heterocycles. The number of nitrogens with zero attached hydrogens (tertiary/aromatic N) is 1. The van der Waals surface area contributed by atoms with Crippen molar-refractivity contribution in [3.05, 3.63) is 34.4 Å². The first kappa shape index (κ1) is 15.2. The molecule has 3 nitrogen and oxygen atoms in total. The number of hydrogen-bond donors (Lipinski definition) is 1. The van der Waals surface area contributed by atoms with E-state index < -0.39 is 11.4 Å². The number of carbonyl (C=O) groups is 1. The summed E-state index contributed by atoms with van der Waals surface area (Å²) in [6, 6.07) is 5.91. The summed E-state index contributed by atoms with van der Waals surface area (Å²) in [6.07, 6.45) is 0. The molecule has 0 fully saturated rings. The minimum Gasteiger partial charge on any atom is -0.480 e. The Kier molecular flexibility index (Phi) is 3.77. The van der Waals surface area contributed by atoms with E-state index in [0.717, 1.165) is 16.7 Å². The van der Waals surface area contributed by atoms with Crippen molar-refractivity contribution in [1.82, 2.24) is 0 Å². The minimum atomic E-state index is -1.50. The fourth-order valence-corrected chi connectivity index (χ4v) is 2.40. The van der Waals surface area contributed by atoms with Crippen molar-refractivity contribution in [3.63, 3.8) is 0 Å². The molecule has 0 aliphatic heterocycles. The monoisotopic (exact) mass is 259 g/mol. The molecule has 19 heavy (non-hydrogen) atoms. The fourth-order valence-electron chi connectivity index (χ4n) is 2.40. The van der Waals surface area contributed by atoms with Crippen LogP contribution >= 0.6 is 0 Å². The molecule has 0 bridgehead atoms. The van der Waals surface area contributed by atoms with Gasteiger partial charge in [0.05, 0.1) is 6.07 Å². The summed E-state index contributed by atoms with van der Waals surface area (Å²) in [5.74, 6) is -1.11. The molecule has 1 rings (SSSR count). The first-order valence-electron chi connectivity index (χ1n) is 6.31. The van der Waals surface area contributed by atoms with E-state index >= 15 is 0 Å². The van der Waals surface area contributed by atoms with Gasteiger partial charge in [0.1, 0.15) is 0 Å². The highest BCUT2D eigenvalue weighted by Crippen LogP contribution is 2.33. The molecule has 0 amide bonds. The van der Waals surface area contributed by atoms with E-state index in [1.54, 1.807) is 0 Å². The van der Waals surface area contributed by atoms with E-state index in [9.17, 15) is 15.2 Å². The normalized spacial score (nSPS) is 14.6. The second kappa shape index (κ2) is 4.70. The summed E-state index contributed by atoms with van der Waals surface area (Å²) in [5, 5.41) is 18.6. The van der Waals surface area contributed by atoms with Crippen LogP contribution in [-0.2, 0) is 15.6 Å². The average Bonchev–Trinajstić information content (AvgIpc) is 2.26. The first-order chi connectivity index (χ1) is 8.54. The molecule has 0 aromatic heterocycles. The van der Waals surface area contributed by atoms with Gasteiger partial charge in [0.25, 0.3) is 0 Å². The number of nitriles is 1. The van der Waals surface area contributed by atoms with Crippen LogP contribution in [-0.4, -0.2) is 11.1 Å². The van der Waals surface area contributed by atoms with E-state index in [1.165, 1.54) is 6.92 Å². The summed E-state index contributed by atoms with van der Waals surface area (Å²) >= 11 is 0. The Hall–Kier alpha value is -1.82. The molecule has 1 atom stereocenters. The largest absolute Gasteiger partial charge is 0.480 e. The lowest BCUT2D eigenvalue weighted by Crippen LogP contribution is -2.32. The summed E-state index contributed by atoms with van der Waals surface area (Å²) in [6.45, 7) is 11.5. The molecule has 0 heterocycles. The molecule has 1 unspecified atom stereocenters. The molecule has 0 aliphatic carbocycles. The number of aliphatic carboxylic acids is 1. The third kappa shape index (κ3) is 2.63. The standard InChI is InChI=1S/C16H21NO2/c1-10-7-12(15(3,4)5)8-11(2)13(10)16(6,9-17)14(18)19/h7-8H,1-6H3,(H,18,19). The number of rotatable bonds is 2. The second-order valence-corrected chi connectivity index (χ2v) is 6.28. The summed E-state index contributed by atoms with van der Waals surface area (Å²) in [7, 11) is 0. The van der Waals surface area contributed by atoms with Crippen LogP contribution in [0, 0.1) is 25.2 Å². The van der Waals surface area contributed by atoms with E-state index in [4.69, 9.17) is 0 Å². The molecule has 1 aromatic carbocycles. The SMILES string of the molecule is Cc1cc(C(C)(C)C)cc(C)c1C(C)(C#N)C(=O)O. The fraction of sp³-hybridized carbons (Fsp3) is 0.500. The van der Waals surface area contributed by atoms with Gasteiger partial charge in [0.2, 0.25) is 0 Å². The number of aryl methyl sites for hydroxylation is 2. The first-order valence-corrected chi connectivity index (χ1v) is 6.31. The van der Waals surface area contributed by atoms with E-state index in [2.05, 4.69) is 20.8 Å². The van der Waals surface area contributed by atoms with Crippen LogP contribution in [0.5, 0.6) is 0 Å². The molecule has 1 aromatic rings. The molecule has 0 radical (unpaired) electrons. The maximum Gasteiger partial charge on any atom is 0.328 e. The Morgan fingerprint density at radius 3 is 1.84 bits per heavy atom. The highest BCUT2D eigenvalue weighted by Gasteiger charge is 2.38. The highest BCUT2D eigenvalue weighted by atomic mass is 16.4. The number of hydrogen-bond acceptors (Lipinski definition) is 2. The zero-order valence-electron chi connectivity index (χ0n) is 12.5. The maximum absolute atomic E-state index is 11.4. The third-order valence-corrected chi connectivity index (χ3v) is 3.55. The quantitative estimate of drug-likeness (QED) is 0.884. The lowest BCUT2D eigenvalue weighted by molar-refractivity contribution is -0.141. The highest BCUT2D eigenvalue weighted by molar-refractivity contribution is 5.85. The van der Waals surface area contributed by atoms with Crippen molar-refractivity contribution in [2.75, 3.05) is 0 Å². The number of benzene rings is 1. The Morgan fingerprint density at radius 2 is 1.58 bits per heavy atom. The van der Waals surface area contributed by atoms with Gasteiger partial charge in [0.15, 0.2) is 5.41 Å². The van der Waals surface area contributed by atoms with Gasteiger partial charge < -0.3 is 5.11 Å². The lowest BCUT2D eigenvalue weighted by atomic mass is 9.76. The molecule has 1 N–H and O–H groups in total. The molecule has 0 saturated carbocycles. The Labute approximate surface area is 114 Å². The van der Waals surface area contributed by atoms with Crippen LogP contribution < -0.4 is 0 Å². The Balaban J connectivity index is 3.58. The molecule has 0 spiro atoms. The van der Waals surface area contributed by atoms with Gasteiger partial charge in [-0.25, -0.2) is 0 Å². The number of carboxylic acid groups (broad SMARTS) is 1. The zero-order chi connectivity index (χ0) is 15.0. The van der Waals surface area contributed by atoms with Crippen LogP contribution in [0.15, 0.2) is 12.1 Å². The van der Waals surface area contributed by atoms with Gasteiger partial charge in [-0.05, 0) is 48.4 Å². The molecule has 102 valence electrons. The van der Waals surface area contributed by atoms with Gasteiger partial charge in [-0.1, -0.05) is 32.9 Å². The van der Waals surface area contributed by atoms with Crippen LogP contribution in [0.25, 0.3) is 0 Å². The average molecular weight is 259 g/mol. The summed E-state index contributed by atoms with van der Waals surface area (Å²) < 4.78 is 0. The predicted octanol–water partition coefficient (Wildman–Crippen LogP) is 3.47. The Morgan fingerprint density at radius 1 is 1.16 bits per heavy atom. The molecule has 3 heteroatoms. The zero-order valence-corrected chi connectivity index (χ0v) is 12.5. The molecular formula is C16H21NO2. The van der Waals surface area contributed by atoms with Crippen molar-refractivity contribution < 1.29 is 9.90 Å². The Bertz CT molecular complexity index is 538. The van der Waals surface area contributed by atoms with Crippen LogP contribution in [0.4, 0.5) is 0 Å². The summed E-state index contributed by atoms with van der Waals surface area (Å²) in [5.41, 5.74) is 1.98. The van der Waals surface area contributed by atoms with Crippen molar-refractivity contribution >= 4 is 5.97 Å². The summed E-state index contributed by atoms with van der Waals surface area (Å²) in [4.78, 5) is 11.4. The van der Waals surface area contributed by atoms with Crippen molar-refractivity contribution in [1.29, 1.82) is 5.26 Å². The predicted molar refractivity (Wildman–Crippen MR) is 75.2 cm³/mol. The second-order valence-electron chi connectivity index (χ2n) is 6.28. The van der Waals surface area contributed by atoms with Gasteiger partial charge in [-0.2, -0.15) is 5.26 Å². The van der Waals surface area contributed by atoms with E-state index in [-0.39, 0.29) is 5.41 Å². The lowest BCUT2D eigenvalue weighted by Gasteiger charge is -2.26. The molecular weight excluding hydrogens is 238 g/mol. The minimum absolute atomic E-state index is 0.000316. The third-order valence-electron chi connectivity index (χ3n) is 3.55. The van der Waals surface area contributed by atoms with Crippen molar-refractivity contribution in [3.8, 4) is 6.07 Å². The smallest absolute Gasteiger partial charge is 0.328 e.